The van der Waals surface area contributed by atoms with Crippen molar-refractivity contribution in [3.05, 3.63) is 83.1 Å². The second kappa shape index (κ2) is 9.41. The first-order valence-electron chi connectivity index (χ1n) is 10.3. The molecule has 1 aliphatic heterocycles. The van der Waals surface area contributed by atoms with Gasteiger partial charge in [-0.1, -0.05) is 54.1 Å². The van der Waals surface area contributed by atoms with E-state index in [2.05, 4.69) is 10.6 Å². The van der Waals surface area contributed by atoms with Crippen LogP contribution in [0.1, 0.15) is 23.2 Å². The van der Waals surface area contributed by atoms with Crippen molar-refractivity contribution in [3.63, 3.8) is 0 Å². The zero-order chi connectivity index (χ0) is 20.9. The zero-order valence-corrected chi connectivity index (χ0v) is 17.4. The lowest BCUT2D eigenvalue weighted by atomic mass is 9.97. The Balaban J connectivity index is 1.54. The Bertz CT molecular complexity index is 1030. The average Bonchev–Trinajstić information content (AvgIpc) is 2.79. The van der Waals surface area contributed by atoms with Crippen molar-refractivity contribution in [1.82, 2.24) is 10.6 Å². The van der Waals surface area contributed by atoms with Gasteiger partial charge in [-0.25, -0.2) is 4.39 Å². The Hall–Kier alpha value is -2.69. The molecule has 1 aliphatic rings. The summed E-state index contributed by atoms with van der Waals surface area (Å²) in [7, 11) is 0. The van der Waals surface area contributed by atoms with Crippen LogP contribution in [0.4, 0.5) is 4.39 Å². The molecular weight excluding hydrogens is 399 g/mol. The van der Waals surface area contributed by atoms with Gasteiger partial charge in [-0.3, -0.25) is 4.79 Å². The van der Waals surface area contributed by atoms with E-state index in [0.717, 1.165) is 31.5 Å². The van der Waals surface area contributed by atoms with Gasteiger partial charge in [0.25, 0.3) is 5.91 Å². The number of benzene rings is 3. The number of piperidine rings is 1. The first-order valence-corrected chi connectivity index (χ1v) is 10.6. The fraction of sp³-hybridized carbons (Fsp3) is 0.240. The Morgan fingerprint density at radius 3 is 2.47 bits per heavy atom. The summed E-state index contributed by atoms with van der Waals surface area (Å²) in [5.41, 5.74) is 3.16. The molecule has 0 spiro atoms. The smallest absolute Gasteiger partial charge is 0.251 e. The van der Waals surface area contributed by atoms with Gasteiger partial charge in [0.1, 0.15) is 5.82 Å². The first kappa shape index (κ1) is 20.6. The van der Waals surface area contributed by atoms with Crippen LogP contribution >= 0.6 is 11.6 Å². The van der Waals surface area contributed by atoms with Crippen molar-refractivity contribution >= 4 is 17.5 Å². The molecule has 0 aliphatic carbocycles. The van der Waals surface area contributed by atoms with Crippen molar-refractivity contribution in [2.45, 2.75) is 12.8 Å². The molecule has 3 nitrogen and oxygen atoms in total. The van der Waals surface area contributed by atoms with Gasteiger partial charge in [0.15, 0.2) is 0 Å². The Morgan fingerprint density at radius 1 is 0.967 bits per heavy atom. The minimum absolute atomic E-state index is 0.132. The lowest BCUT2D eigenvalue weighted by molar-refractivity contribution is 0.0944. The minimum atomic E-state index is -0.324. The summed E-state index contributed by atoms with van der Waals surface area (Å²) in [5, 5.41) is 6.83. The van der Waals surface area contributed by atoms with Crippen LogP contribution in [0.15, 0.2) is 66.7 Å². The van der Waals surface area contributed by atoms with E-state index in [9.17, 15) is 9.18 Å². The summed E-state index contributed by atoms with van der Waals surface area (Å²) in [5.74, 6) is 0.0463. The number of carbonyl (C=O) groups is 1. The lowest BCUT2D eigenvalue weighted by Crippen LogP contribution is -2.35. The first-order chi connectivity index (χ1) is 14.6. The minimum Gasteiger partial charge on any atom is -0.352 e. The lowest BCUT2D eigenvalue weighted by Gasteiger charge is -2.22. The Labute approximate surface area is 181 Å². The largest absolute Gasteiger partial charge is 0.352 e. The Kier molecular flexibility index (Phi) is 6.46. The fourth-order valence-corrected chi connectivity index (χ4v) is 4.07. The van der Waals surface area contributed by atoms with E-state index in [-0.39, 0.29) is 11.7 Å². The topological polar surface area (TPSA) is 41.1 Å². The molecular formula is C25H24ClFN2O. The molecule has 0 radical (unpaired) electrons. The van der Waals surface area contributed by atoms with Gasteiger partial charge in [0.05, 0.1) is 0 Å². The van der Waals surface area contributed by atoms with Crippen LogP contribution in [0.2, 0.25) is 5.02 Å². The SMILES string of the molecule is O=C(NCC1CCNCC1)c1ccc(Cl)c(-c2ccc(-c3ccccc3)c(F)c2)c1. The molecule has 0 bridgehead atoms. The van der Waals surface area contributed by atoms with E-state index >= 15 is 0 Å². The van der Waals surface area contributed by atoms with Crippen molar-refractivity contribution in [3.8, 4) is 22.3 Å². The summed E-state index contributed by atoms with van der Waals surface area (Å²) < 4.78 is 14.8. The average molecular weight is 423 g/mol. The number of hydrogen-bond donors (Lipinski definition) is 2. The second-order valence-corrected chi connectivity index (χ2v) is 8.07. The molecule has 5 heteroatoms. The molecule has 2 N–H and O–H groups in total. The van der Waals surface area contributed by atoms with Gasteiger partial charge >= 0.3 is 0 Å². The molecule has 3 aromatic carbocycles. The third-order valence-electron chi connectivity index (χ3n) is 5.60. The van der Waals surface area contributed by atoms with Gasteiger partial charge in [-0.05, 0) is 67.2 Å². The molecule has 0 atom stereocenters. The van der Waals surface area contributed by atoms with Crippen molar-refractivity contribution in [2.24, 2.45) is 5.92 Å². The molecule has 154 valence electrons. The van der Waals surface area contributed by atoms with E-state index < -0.39 is 0 Å². The summed E-state index contributed by atoms with van der Waals surface area (Å²) in [6, 6.07) is 19.6. The number of nitrogens with one attached hydrogen (secondary N) is 2. The summed E-state index contributed by atoms with van der Waals surface area (Å²) in [4.78, 5) is 12.6. The zero-order valence-electron chi connectivity index (χ0n) is 16.6. The van der Waals surface area contributed by atoms with E-state index in [0.29, 0.717) is 39.7 Å². The van der Waals surface area contributed by atoms with Crippen LogP contribution in [0.5, 0.6) is 0 Å². The number of carbonyl (C=O) groups excluding carboxylic acids is 1. The van der Waals surface area contributed by atoms with Crippen molar-refractivity contribution in [2.75, 3.05) is 19.6 Å². The van der Waals surface area contributed by atoms with Crippen LogP contribution in [0.3, 0.4) is 0 Å². The van der Waals surface area contributed by atoms with E-state index in [4.69, 9.17) is 11.6 Å². The number of amides is 1. The van der Waals surface area contributed by atoms with Crippen LogP contribution in [-0.4, -0.2) is 25.5 Å². The molecule has 0 saturated carbocycles. The molecule has 1 fully saturated rings. The maximum absolute atomic E-state index is 14.8. The number of halogens is 2. The highest BCUT2D eigenvalue weighted by Gasteiger charge is 2.16. The highest BCUT2D eigenvalue weighted by atomic mass is 35.5. The van der Waals surface area contributed by atoms with Gasteiger partial charge in [0.2, 0.25) is 0 Å². The van der Waals surface area contributed by atoms with Gasteiger partial charge in [0, 0.05) is 28.3 Å². The molecule has 0 aromatic heterocycles. The fourth-order valence-electron chi connectivity index (χ4n) is 3.85. The number of hydrogen-bond acceptors (Lipinski definition) is 2. The van der Waals surface area contributed by atoms with Crippen LogP contribution < -0.4 is 10.6 Å². The van der Waals surface area contributed by atoms with Gasteiger partial charge in [-0.2, -0.15) is 0 Å². The van der Waals surface area contributed by atoms with Crippen molar-refractivity contribution in [1.29, 1.82) is 0 Å². The van der Waals surface area contributed by atoms with E-state index in [1.165, 1.54) is 6.07 Å². The Morgan fingerprint density at radius 2 is 1.73 bits per heavy atom. The molecule has 30 heavy (non-hydrogen) atoms. The molecule has 0 unspecified atom stereocenters. The molecule has 1 heterocycles. The normalized spacial score (nSPS) is 14.5. The highest BCUT2D eigenvalue weighted by molar-refractivity contribution is 6.33. The third-order valence-corrected chi connectivity index (χ3v) is 5.93. The standard InChI is InChI=1S/C25H24ClFN2O/c26-23-9-7-20(25(30)29-16-17-10-12-28-13-11-17)14-22(23)19-6-8-21(24(27)15-19)18-4-2-1-3-5-18/h1-9,14-15,17,28H,10-13,16H2,(H,29,30). The summed E-state index contributed by atoms with van der Waals surface area (Å²) in [6.45, 7) is 2.66. The number of rotatable bonds is 5. The van der Waals surface area contributed by atoms with Gasteiger partial charge in [-0.15, -0.1) is 0 Å². The summed E-state index contributed by atoms with van der Waals surface area (Å²) >= 11 is 6.38. The van der Waals surface area contributed by atoms with Crippen LogP contribution in [-0.2, 0) is 0 Å². The quantitative estimate of drug-likeness (QED) is 0.566. The third kappa shape index (κ3) is 4.72. The highest BCUT2D eigenvalue weighted by Crippen LogP contribution is 2.32. The predicted octanol–water partition coefficient (Wildman–Crippen LogP) is 5.54. The maximum atomic E-state index is 14.8. The molecule has 1 saturated heterocycles. The molecule has 1 amide bonds. The molecule has 4 rings (SSSR count). The van der Waals surface area contributed by atoms with Crippen LogP contribution in [0, 0.1) is 11.7 Å². The monoisotopic (exact) mass is 422 g/mol. The van der Waals surface area contributed by atoms with E-state index in [1.807, 2.05) is 36.4 Å². The van der Waals surface area contributed by atoms with Crippen molar-refractivity contribution < 1.29 is 9.18 Å². The van der Waals surface area contributed by atoms with Crippen LogP contribution in [0.25, 0.3) is 22.3 Å². The predicted molar refractivity (Wildman–Crippen MR) is 120 cm³/mol. The van der Waals surface area contributed by atoms with Gasteiger partial charge < -0.3 is 10.6 Å². The summed E-state index contributed by atoms with van der Waals surface area (Å²) in [6.07, 6.45) is 2.14. The van der Waals surface area contributed by atoms with E-state index in [1.54, 1.807) is 24.3 Å². The maximum Gasteiger partial charge on any atom is 0.251 e. The molecule has 3 aromatic rings. The second-order valence-electron chi connectivity index (χ2n) is 7.66.